The number of benzene rings is 1. The summed E-state index contributed by atoms with van der Waals surface area (Å²) in [5.74, 6) is -0.163. The second kappa shape index (κ2) is 5.13. The highest BCUT2D eigenvalue weighted by atomic mass is 19.1. The minimum absolute atomic E-state index is 0.163. The smallest absolute Gasteiger partial charge is 0.125 e. The van der Waals surface area contributed by atoms with Crippen molar-refractivity contribution in [1.82, 2.24) is 0 Å². The van der Waals surface area contributed by atoms with Gasteiger partial charge in [0.05, 0.1) is 0 Å². The fourth-order valence-electron chi connectivity index (χ4n) is 2.13. The number of halogens is 1. The van der Waals surface area contributed by atoms with Crippen molar-refractivity contribution in [1.29, 1.82) is 0 Å². The zero-order valence-electron chi connectivity index (χ0n) is 10.3. The van der Waals surface area contributed by atoms with Crippen LogP contribution in [0.4, 0.5) is 10.1 Å². The van der Waals surface area contributed by atoms with E-state index >= 15 is 0 Å². The maximum atomic E-state index is 13.2. The van der Waals surface area contributed by atoms with E-state index in [1.807, 2.05) is 26.1 Å². The van der Waals surface area contributed by atoms with E-state index in [2.05, 4.69) is 9.89 Å². The number of anilines is 1. The molecule has 0 unspecified atom stereocenters. The molecule has 1 aromatic rings. The molecule has 0 aromatic heterocycles. The molecule has 0 fully saturated rings. The highest BCUT2D eigenvalue weighted by Crippen LogP contribution is 2.29. The van der Waals surface area contributed by atoms with Gasteiger partial charge < -0.3 is 4.90 Å². The number of aliphatic imine (C=N–C) groups is 1. The monoisotopic (exact) mass is 232 g/mol. The number of hydrogen-bond donors (Lipinski definition) is 0. The molecule has 0 saturated carbocycles. The van der Waals surface area contributed by atoms with Crippen molar-refractivity contribution in [3.63, 3.8) is 0 Å². The molecule has 0 atom stereocenters. The lowest BCUT2D eigenvalue weighted by Gasteiger charge is -2.19. The second-order valence-corrected chi connectivity index (χ2v) is 4.33. The number of fused-ring (bicyclic) bond motifs is 1. The van der Waals surface area contributed by atoms with Gasteiger partial charge in [-0.2, -0.15) is 0 Å². The van der Waals surface area contributed by atoms with Crippen LogP contribution in [-0.2, 0) is 6.42 Å². The van der Waals surface area contributed by atoms with E-state index in [9.17, 15) is 4.39 Å². The molecular weight excluding hydrogens is 215 g/mol. The first-order chi connectivity index (χ1) is 8.20. The molecule has 2 rings (SSSR count). The summed E-state index contributed by atoms with van der Waals surface area (Å²) in [7, 11) is 0. The molecule has 0 amide bonds. The molecule has 3 heteroatoms. The Balaban J connectivity index is 2.14. The molecular formula is C14H17FN2. The van der Waals surface area contributed by atoms with Gasteiger partial charge in [0.1, 0.15) is 5.82 Å². The van der Waals surface area contributed by atoms with E-state index in [1.54, 1.807) is 12.3 Å². The maximum Gasteiger partial charge on any atom is 0.125 e. The van der Waals surface area contributed by atoms with Gasteiger partial charge in [-0.25, -0.2) is 4.39 Å². The Bertz CT molecular complexity index is 463. The summed E-state index contributed by atoms with van der Waals surface area (Å²) < 4.78 is 13.2. The van der Waals surface area contributed by atoms with Crippen LogP contribution in [0.15, 0.2) is 35.0 Å². The van der Waals surface area contributed by atoms with E-state index in [4.69, 9.17) is 0 Å². The zero-order chi connectivity index (χ0) is 12.3. The van der Waals surface area contributed by atoms with Gasteiger partial charge in [0.2, 0.25) is 0 Å². The average molecular weight is 232 g/mol. The Kier molecular flexibility index (Phi) is 3.57. The van der Waals surface area contributed by atoms with Gasteiger partial charge in [0.15, 0.2) is 0 Å². The summed E-state index contributed by atoms with van der Waals surface area (Å²) in [5.41, 5.74) is 3.44. The van der Waals surface area contributed by atoms with Crippen LogP contribution < -0.4 is 4.90 Å². The summed E-state index contributed by atoms with van der Waals surface area (Å²) >= 11 is 0. The van der Waals surface area contributed by atoms with Gasteiger partial charge in [-0.1, -0.05) is 6.07 Å². The highest BCUT2D eigenvalue weighted by Gasteiger charge is 2.19. The summed E-state index contributed by atoms with van der Waals surface area (Å²) in [6, 6.07) is 5.04. The quantitative estimate of drug-likeness (QED) is 0.731. The van der Waals surface area contributed by atoms with Crippen molar-refractivity contribution in [3.05, 3.63) is 41.4 Å². The molecule has 0 bridgehead atoms. The zero-order valence-corrected chi connectivity index (χ0v) is 10.3. The van der Waals surface area contributed by atoms with Gasteiger partial charge in [0, 0.05) is 31.2 Å². The van der Waals surface area contributed by atoms with Crippen LogP contribution in [-0.4, -0.2) is 19.3 Å². The van der Waals surface area contributed by atoms with E-state index < -0.39 is 0 Å². The number of nitrogens with zero attached hydrogens (tertiary/aromatic N) is 2. The Morgan fingerprint density at radius 3 is 3.12 bits per heavy atom. The summed E-state index contributed by atoms with van der Waals surface area (Å²) in [6.45, 7) is 5.71. The van der Waals surface area contributed by atoms with Crippen LogP contribution in [0.1, 0.15) is 19.4 Å². The summed E-state index contributed by atoms with van der Waals surface area (Å²) in [5, 5.41) is 0. The third kappa shape index (κ3) is 2.73. The molecule has 0 radical (unpaired) electrons. The normalized spacial score (nSPS) is 15.7. The number of rotatable bonds is 3. The number of hydrogen-bond acceptors (Lipinski definition) is 2. The SMILES string of the molecule is CC=N/C=C(\C)CN1CCc2ccc(F)cc21. The Morgan fingerprint density at radius 1 is 1.53 bits per heavy atom. The van der Waals surface area contributed by atoms with E-state index in [0.29, 0.717) is 0 Å². The topological polar surface area (TPSA) is 15.6 Å². The van der Waals surface area contributed by atoms with Gasteiger partial charge >= 0.3 is 0 Å². The molecule has 1 aliphatic heterocycles. The molecule has 0 N–H and O–H groups in total. The van der Waals surface area contributed by atoms with E-state index in [-0.39, 0.29) is 5.82 Å². The van der Waals surface area contributed by atoms with Crippen molar-refractivity contribution >= 4 is 11.9 Å². The molecule has 1 aromatic carbocycles. The largest absolute Gasteiger partial charge is 0.367 e. The van der Waals surface area contributed by atoms with Crippen LogP contribution in [0.2, 0.25) is 0 Å². The van der Waals surface area contributed by atoms with Crippen molar-refractivity contribution in [2.45, 2.75) is 20.3 Å². The van der Waals surface area contributed by atoms with Crippen molar-refractivity contribution in [3.8, 4) is 0 Å². The van der Waals surface area contributed by atoms with Gasteiger partial charge in [-0.05, 0) is 43.5 Å². The van der Waals surface area contributed by atoms with E-state index in [1.165, 1.54) is 17.2 Å². The maximum absolute atomic E-state index is 13.2. The van der Waals surface area contributed by atoms with Crippen LogP contribution in [0.25, 0.3) is 0 Å². The van der Waals surface area contributed by atoms with Gasteiger partial charge in [-0.15, -0.1) is 0 Å². The second-order valence-electron chi connectivity index (χ2n) is 4.33. The predicted octanol–water partition coefficient (Wildman–Crippen LogP) is 3.18. The van der Waals surface area contributed by atoms with Crippen LogP contribution >= 0.6 is 0 Å². The van der Waals surface area contributed by atoms with Crippen molar-refractivity contribution < 1.29 is 4.39 Å². The highest BCUT2D eigenvalue weighted by molar-refractivity contribution is 5.59. The lowest BCUT2D eigenvalue weighted by atomic mass is 10.1. The summed E-state index contributed by atoms with van der Waals surface area (Å²) in [6.07, 6.45) is 4.62. The molecule has 1 heterocycles. The molecule has 0 aliphatic carbocycles. The van der Waals surface area contributed by atoms with Crippen LogP contribution in [0, 0.1) is 5.82 Å². The van der Waals surface area contributed by atoms with Crippen LogP contribution in [0.5, 0.6) is 0 Å². The Morgan fingerprint density at radius 2 is 2.35 bits per heavy atom. The first-order valence-electron chi connectivity index (χ1n) is 5.87. The standard InChI is InChI=1S/C14H17FN2/c1-3-16-9-11(2)10-17-7-6-12-4-5-13(15)8-14(12)17/h3-5,8-9H,6-7,10H2,1-2H3/b11-9+,16-3?. The third-order valence-corrected chi connectivity index (χ3v) is 2.92. The van der Waals surface area contributed by atoms with Gasteiger partial charge in [-0.3, -0.25) is 4.99 Å². The molecule has 90 valence electrons. The minimum Gasteiger partial charge on any atom is -0.367 e. The molecule has 17 heavy (non-hydrogen) atoms. The average Bonchev–Trinajstić information content (AvgIpc) is 2.69. The molecule has 0 saturated heterocycles. The van der Waals surface area contributed by atoms with Crippen molar-refractivity contribution in [2.24, 2.45) is 4.99 Å². The van der Waals surface area contributed by atoms with E-state index in [0.717, 1.165) is 25.2 Å². The van der Waals surface area contributed by atoms with Crippen molar-refractivity contribution in [2.75, 3.05) is 18.0 Å². The van der Waals surface area contributed by atoms with Gasteiger partial charge in [0.25, 0.3) is 0 Å². The Labute approximate surface area is 101 Å². The van der Waals surface area contributed by atoms with Crippen LogP contribution in [0.3, 0.4) is 0 Å². The fourth-order valence-corrected chi connectivity index (χ4v) is 2.13. The molecule has 2 nitrogen and oxygen atoms in total. The minimum atomic E-state index is -0.163. The Hall–Kier alpha value is -1.64. The third-order valence-electron chi connectivity index (χ3n) is 2.92. The molecule has 0 spiro atoms. The lowest BCUT2D eigenvalue weighted by molar-refractivity contribution is 0.627. The molecule has 1 aliphatic rings. The summed E-state index contributed by atoms with van der Waals surface area (Å²) in [4.78, 5) is 6.30. The lowest BCUT2D eigenvalue weighted by Crippen LogP contribution is -2.22. The first kappa shape index (κ1) is 11.8. The first-order valence-corrected chi connectivity index (χ1v) is 5.87. The fraction of sp³-hybridized carbons (Fsp3) is 0.357. The predicted molar refractivity (Wildman–Crippen MR) is 70.2 cm³/mol.